The van der Waals surface area contributed by atoms with Crippen LogP contribution < -0.4 is 0 Å². The van der Waals surface area contributed by atoms with Gasteiger partial charge in [-0.1, -0.05) is 6.07 Å². The van der Waals surface area contributed by atoms with E-state index in [1.807, 2.05) is 0 Å². The predicted molar refractivity (Wildman–Crippen MR) is 63.9 cm³/mol. The van der Waals surface area contributed by atoms with E-state index >= 15 is 0 Å². The Labute approximate surface area is 106 Å². The molecule has 7 nitrogen and oxygen atoms in total. The maximum absolute atomic E-state index is 10.9. The molecule has 0 spiro atoms. The van der Waals surface area contributed by atoms with E-state index < -0.39 is 34.9 Å². The van der Waals surface area contributed by atoms with Gasteiger partial charge in [0.25, 0.3) is 5.69 Å². The molecule has 0 saturated carbocycles. The summed E-state index contributed by atoms with van der Waals surface area (Å²) >= 11 is 0.925. The molecule has 1 rings (SSSR count). The zero-order valence-electron chi connectivity index (χ0n) is 9.15. The van der Waals surface area contributed by atoms with Gasteiger partial charge in [0.15, 0.2) is 0 Å². The van der Waals surface area contributed by atoms with Crippen LogP contribution in [0.3, 0.4) is 0 Å². The summed E-state index contributed by atoms with van der Waals surface area (Å²) in [4.78, 5) is 21.1. The molecule has 0 saturated heterocycles. The zero-order chi connectivity index (χ0) is 13.7. The van der Waals surface area contributed by atoms with Crippen LogP contribution in [-0.2, 0) is 0 Å². The summed E-state index contributed by atoms with van der Waals surface area (Å²) in [5.74, 6) is -1.34. The Bertz CT molecular complexity index is 464. The van der Waals surface area contributed by atoms with Crippen molar-refractivity contribution in [3.63, 3.8) is 0 Å². The lowest BCUT2D eigenvalue weighted by Gasteiger charge is -2.08. The average molecular weight is 273 g/mol. The normalized spacial score (nSPS) is 12.1. The minimum Gasteiger partial charge on any atom is -0.477 e. The van der Waals surface area contributed by atoms with E-state index in [9.17, 15) is 20.0 Å². The minimum atomic E-state index is -1.38. The van der Waals surface area contributed by atoms with Gasteiger partial charge in [-0.2, -0.15) is 0 Å². The number of aliphatic hydroxyl groups is 2. The number of hydrogen-bond donors (Lipinski definition) is 3. The molecular weight excluding hydrogens is 262 g/mol. The van der Waals surface area contributed by atoms with Gasteiger partial charge in [-0.25, -0.2) is 4.79 Å². The molecule has 1 unspecified atom stereocenters. The molecule has 18 heavy (non-hydrogen) atoms. The Balaban J connectivity index is 3.07. The zero-order valence-corrected chi connectivity index (χ0v) is 9.96. The molecule has 1 atom stereocenters. The number of benzene rings is 1. The fourth-order valence-corrected chi connectivity index (χ4v) is 2.21. The summed E-state index contributed by atoms with van der Waals surface area (Å²) in [6.45, 7) is -0.459. The number of carbonyl (C=O) groups is 1. The Hall–Kier alpha value is -1.64. The molecule has 98 valence electrons. The monoisotopic (exact) mass is 273 g/mol. The molecule has 0 aliphatic rings. The largest absolute Gasteiger partial charge is 0.477 e. The van der Waals surface area contributed by atoms with Gasteiger partial charge >= 0.3 is 5.97 Å². The third-order valence-corrected chi connectivity index (χ3v) is 3.25. The summed E-state index contributed by atoms with van der Waals surface area (Å²) < 4.78 is 0. The molecule has 1 aromatic carbocycles. The lowest BCUT2D eigenvalue weighted by molar-refractivity contribution is -0.388. The first kappa shape index (κ1) is 14.4. The molecule has 0 amide bonds. The van der Waals surface area contributed by atoms with Crippen LogP contribution in [0.2, 0.25) is 0 Å². The second-order valence-corrected chi connectivity index (χ2v) is 4.42. The lowest BCUT2D eigenvalue weighted by atomic mass is 10.2. The van der Waals surface area contributed by atoms with Crippen LogP contribution in [0.5, 0.6) is 0 Å². The van der Waals surface area contributed by atoms with Crippen LogP contribution in [0.4, 0.5) is 5.69 Å². The SMILES string of the molecule is O=C(O)c1cccc(SCC(O)CO)c1[N+](=O)[O-]. The number of aromatic carboxylic acids is 1. The van der Waals surface area contributed by atoms with Gasteiger partial charge in [-0.15, -0.1) is 11.8 Å². The van der Waals surface area contributed by atoms with E-state index in [4.69, 9.17) is 10.2 Å². The van der Waals surface area contributed by atoms with Gasteiger partial charge in [-0.05, 0) is 12.1 Å². The summed E-state index contributed by atoms with van der Waals surface area (Å²) in [6.07, 6.45) is -1.01. The van der Waals surface area contributed by atoms with E-state index in [-0.39, 0.29) is 10.6 Å². The van der Waals surface area contributed by atoms with Gasteiger partial charge in [0.2, 0.25) is 0 Å². The van der Waals surface area contributed by atoms with Crippen LogP contribution in [0, 0.1) is 10.1 Å². The first-order chi connectivity index (χ1) is 8.47. The van der Waals surface area contributed by atoms with Crippen LogP contribution in [0.1, 0.15) is 10.4 Å². The maximum Gasteiger partial charge on any atom is 0.342 e. The summed E-state index contributed by atoms with van der Waals surface area (Å²) in [5, 5.41) is 37.6. The number of nitrogens with zero attached hydrogens (tertiary/aromatic N) is 1. The number of nitro benzene ring substituents is 1. The van der Waals surface area contributed by atoms with Gasteiger partial charge in [-0.3, -0.25) is 10.1 Å². The quantitative estimate of drug-likeness (QED) is 0.397. The van der Waals surface area contributed by atoms with E-state index in [1.54, 1.807) is 0 Å². The lowest BCUT2D eigenvalue weighted by Crippen LogP contribution is -2.14. The molecule has 0 aliphatic carbocycles. The predicted octanol–water partition coefficient (Wildman–Crippen LogP) is 0.738. The Morgan fingerprint density at radius 3 is 2.67 bits per heavy atom. The molecule has 1 aromatic rings. The second-order valence-electron chi connectivity index (χ2n) is 3.36. The number of carboxylic acid groups (broad SMARTS) is 1. The second kappa shape index (κ2) is 6.34. The number of carboxylic acids is 1. The van der Waals surface area contributed by atoms with Crippen LogP contribution in [-0.4, -0.2) is 44.7 Å². The summed E-state index contributed by atoms with van der Waals surface area (Å²) in [5.41, 5.74) is -0.899. The number of rotatable bonds is 6. The molecule has 0 heterocycles. The minimum absolute atomic E-state index is 0.0421. The van der Waals surface area contributed by atoms with E-state index in [0.717, 1.165) is 17.8 Å². The van der Waals surface area contributed by atoms with E-state index in [2.05, 4.69) is 0 Å². The van der Waals surface area contributed by atoms with Gasteiger partial charge in [0, 0.05) is 5.75 Å². The number of thioether (sulfide) groups is 1. The standard InChI is InChI=1S/C10H11NO6S/c12-4-6(13)5-18-8-3-1-2-7(10(14)15)9(8)11(16)17/h1-3,6,12-13H,4-5H2,(H,14,15). The number of hydrogen-bond acceptors (Lipinski definition) is 6. The first-order valence-corrected chi connectivity index (χ1v) is 5.88. The van der Waals surface area contributed by atoms with Crippen molar-refractivity contribution in [2.24, 2.45) is 0 Å². The van der Waals surface area contributed by atoms with Crippen molar-refractivity contribution < 1.29 is 25.0 Å². The van der Waals surface area contributed by atoms with Crippen molar-refractivity contribution in [1.29, 1.82) is 0 Å². The highest BCUT2D eigenvalue weighted by molar-refractivity contribution is 7.99. The smallest absolute Gasteiger partial charge is 0.342 e. The topological polar surface area (TPSA) is 121 Å². The number of para-hydroxylation sites is 1. The Kier molecular flexibility index (Phi) is 5.08. The highest BCUT2D eigenvalue weighted by Crippen LogP contribution is 2.32. The maximum atomic E-state index is 10.9. The van der Waals surface area contributed by atoms with Crippen molar-refractivity contribution in [2.45, 2.75) is 11.0 Å². The van der Waals surface area contributed by atoms with Crippen LogP contribution in [0.25, 0.3) is 0 Å². The average Bonchev–Trinajstić information content (AvgIpc) is 2.34. The van der Waals surface area contributed by atoms with Gasteiger partial charge in [0.1, 0.15) is 5.56 Å². The van der Waals surface area contributed by atoms with E-state index in [1.165, 1.54) is 12.1 Å². The molecular formula is C10H11NO6S. The fourth-order valence-electron chi connectivity index (χ4n) is 1.24. The van der Waals surface area contributed by atoms with Crippen molar-refractivity contribution in [3.05, 3.63) is 33.9 Å². The molecule has 3 N–H and O–H groups in total. The fraction of sp³-hybridized carbons (Fsp3) is 0.300. The van der Waals surface area contributed by atoms with Gasteiger partial charge < -0.3 is 15.3 Å². The highest BCUT2D eigenvalue weighted by Gasteiger charge is 2.24. The molecule has 0 fully saturated rings. The third kappa shape index (κ3) is 3.42. The van der Waals surface area contributed by atoms with E-state index in [0.29, 0.717) is 0 Å². The highest BCUT2D eigenvalue weighted by atomic mass is 32.2. The molecule has 8 heteroatoms. The molecule has 0 bridgehead atoms. The van der Waals surface area contributed by atoms with Crippen LogP contribution >= 0.6 is 11.8 Å². The molecule has 0 aromatic heterocycles. The van der Waals surface area contributed by atoms with Crippen molar-refractivity contribution in [1.82, 2.24) is 0 Å². The summed E-state index contributed by atoms with van der Waals surface area (Å²) in [7, 11) is 0. The molecule has 0 radical (unpaired) electrons. The first-order valence-electron chi connectivity index (χ1n) is 4.89. The van der Waals surface area contributed by atoms with Crippen molar-refractivity contribution >= 4 is 23.4 Å². The Morgan fingerprint density at radius 1 is 1.50 bits per heavy atom. The summed E-state index contributed by atoms with van der Waals surface area (Å²) in [6, 6.07) is 3.94. The van der Waals surface area contributed by atoms with Crippen LogP contribution in [0.15, 0.2) is 23.1 Å². The molecule has 0 aliphatic heterocycles. The van der Waals surface area contributed by atoms with Crippen molar-refractivity contribution in [2.75, 3.05) is 12.4 Å². The number of nitro groups is 1. The Morgan fingerprint density at radius 2 is 2.17 bits per heavy atom. The van der Waals surface area contributed by atoms with Crippen molar-refractivity contribution in [3.8, 4) is 0 Å². The van der Waals surface area contributed by atoms with Gasteiger partial charge in [0.05, 0.1) is 22.5 Å². The number of aliphatic hydroxyl groups excluding tert-OH is 2. The third-order valence-electron chi connectivity index (χ3n) is 2.05.